The van der Waals surface area contributed by atoms with E-state index in [1.54, 1.807) is 24.3 Å². The van der Waals surface area contributed by atoms with Crippen molar-refractivity contribution in [2.45, 2.75) is 29.5 Å². The minimum Gasteiger partial charge on any atom is -0.497 e. The Labute approximate surface area is 147 Å². The highest BCUT2D eigenvalue weighted by molar-refractivity contribution is 7.90. The maximum absolute atomic E-state index is 13.0. The Morgan fingerprint density at radius 1 is 1.16 bits per heavy atom. The minimum absolute atomic E-state index is 0.0209. The number of hydrogen-bond acceptors (Lipinski definition) is 5. The number of nitrogens with one attached hydrogen (secondary N) is 1. The highest BCUT2D eigenvalue weighted by Gasteiger charge is 2.30. The van der Waals surface area contributed by atoms with Crippen LogP contribution in [0.1, 0.15) is 30.0 Å². The number of methoxy groups -OCH3 is 1. The highest BCUT2D eigenvalue weighted by Crippen LogP contribution is 2.31. The van der Waals surface area contributed by atoms with Crippen LogP contribution in [0, 0.1) is 0 Å². The molecule has 0 amide bonds. The Morgan fingerprint density at radius 2 is 1.92 bits per heavy atom. The zero-order chi connectivity index (χ0) is 17.9. The molecule has 1 aliphatic heterocycles. The fourth-order valence-electron chi connectivity index (χ4n) is 3.07. The van der Waals surface area contributed by atoms with Crippen LogP contribution in [0.5, 0.6) is 5.75 Å². The number of ketones is 1. The quantitative estimate of drug-likeness (QED) is 0.889. The third-order valence-corrected chi connectivity index (χ3v) is 6.07. The molecule has 25 heavy (non-hydrogen) atoms. The van der Waals surface area contributed by atoms with Gasteiger partial charge in [0.15, 0.2) is 15.6 Å². The zero-order valence-corrected chi connectivity index (χ0v) is 14.9. The molecule has 0 aromatic heterocycles. The van der Waals surface area contributed by atoms with Gasteiger partial charge < -0.3 is 10.1 Å². The maximum atomic E-state index is 13.0. The van der Waals surface area contributed by atoms with E-state index in [1.807, 2.05) is 18.2 Å². The molecule has 0 aliphatic carbocycles. The molecule has 1 heterocycles. The molecule has 1 atom stereocenters. The highest BCUT2D eigenvalue weighted by atomic mass is 32.2. The van der Waals surface area contributed by atoms with Crippen molar-refractivity contribution in [3.8, 4) is 5.75 Å². The lowest BCUT2D eigenvalue weighted by atomic mass is 9.96. The number of benzene rings is 2. The predicted octanol–water partition coefficient (Wildman–Crippen LogP) is 2.66. The molecule has 0 saturated carbocycles. The SMILES string of the molecule is COc1ccc(C2NCCCC2=O)c(S(=O)(=O)Cc2ccccc2)c1. The van der Waals surface area contributed by atoms with Gasteiger partial charge in [-0.25, -0.2) is 8.42 Å². The van der Waals surface area contributed by atoms with Crippen LogP contribution in [0.2, 0.25) is 0 Å². The molecule has 1 fully saturated rings. The standard InChI is InChI=1S/C19H21NO4S/c1-24-15-9-10-16(19-17(21)8-5-11-20-19)18(12-15)25(22,23)13-14-6-3-2-4-7-14/h2-4,6-7,9-10,12,19-20H,5,8,11,13H2,1H3. The third-order valence-electron chi connectivity index (χ3n) is 4.34. The van der Waals surface area contributed by atoms with Gasteiger partial charge >= 0.3 is 0 Å². The fourth-order valence-corrected chi connectivity index (χ4v) is 4.70. The van der Waals surface area contributed by atoms with E-state index in [2.05, 4.69) is 5.32 Å². The number of piperidine rings is 1. The second-order valence-electron chi connectivity index (χ2n) is 6.11. The van der Waals surface area contributed by atoms with Crippen molar-refractivity contribution in [3.05, 3.63) is 59.7 Å². The molecule has 2 aromatic rings. The van der Waals surface area contributed by atoms with E-state index >= 15 is 0 Å². The summed E-state index contributed by atoms with van der Waals surface area (Å²) in [7, 11) is -2.13. The molecule has 132 valence electrons. The lowest BCUT2D eigenvalue weighted by molar-refractivity contribution is -0.122. The molecular formula is C19H21NO4S. The van der Waals surface area contributed by atoms with E-state index < -0.39 is 15.9 Å². The van der Waals surface area contributed by atoms with E-state index in [9.17, 15) is 13.2 Å². The van der Waals surface area contributed by atoms with Gasteiger partial charge in [-0.05, 0) is 36.2 Å². The first-order chi connectivity index (χ1) is 12.0. The molecular weight excluding hydrogens is 338 g/mol. The summed E-state index contributed by atoms with van der Waals surface area (Å²) in [6.07, 6.45) is 1.24. The molecule has 1 unspecified atom stereocenters. The third kappa shape index (κ3) is 3.91. The molecule has 3 rings (SSSR count). The number of carbonyl (C=O) groups excluding carboxylic acids is 1. The number of hydrogen-bond donors (Lipinski definition) is 1. The van der Waals surface area contributed by atoms with E-state index in [4.69, 9.17) is 4.74 Å². The number of Topliss-reactive ketones (excluding diaryl/α,β-unsaturated/α-hetero) is 1. The van der Waals surface area contributed by atoms with Crippen molar-refractivity contribution in [1.29, 1.82) is 0 Å². The molecule has 6 heteroatoms. The van der Waals surface area contributed by atoms with Crippen LogP contribution in [0.4, 0.5) is 0 Å². The molecule has 1 saturated heterocycles. The first kappa shape index (κ1) is 17.6. The van der Waals surface area contributed by atoms with Gasteiger partial charge in [-0.15, -0.1) is 0 Å². The van der Waals surface area contributed by atoms with E-state index in [0.29, 0.717) is 29.8 Å². The molecule has 5 nitrogen and oxygen atoms in total. The van der Waals surface area contributed by atoms with Crippen molar-refractivity contribution >= 4 is 15.6 Å². The molecule has 0 bridgehead atoms. The topological polar surface area (TPSA) is 72.5 Å². The lowest BCUT2D eigenvalue weighted by Crippen LogP contribution is -2.35. The van der Waals surface area contributed by atoms with Gasteiger partial charge in [0.25, 0.3) is 0 Å². The largest absolute Gasteiger partial charge is 0.497 e. The summed E-state index contributed by atoms with van der Waals surface area (Å²) in [5.74, 6) is 0.362. The Morgan fingerprint density at radius 3 is 2.60 bits per heavy atom. The maximum Gasteiger partial charge on any atom is 0.182 e. The first-order valence-electron chi connectivity index (χ1n) is 8.22. The van der Waals surface area contributed by atoms with Crippen molar-refractivity contribution in [3.63, 3.8) is 0 Å². The summed E-state index contributed by atoms with van der Waals surface area (Å²) in [4.78, 5) is 12.5. The normalized spacial score (nSPS) is 18.1. The van der Waals surface area contributed by atoms with E-state index in [0.717, 1.165) is 6.42 Å². The van der Waals surface area contributed by atoms with Crippen LogP contribution in [-0.4, -0.2) is 27.9 Å². The molecule has 1 N–H and O–H groups in total. The average molecular weight is 359 g/mol. The monoisotopic (exact) mass is 359 g/mol. The van der Waals surface area contributed by atoms with E-state index in [1.165, 1.54) is 13.2 Å². The average Bonchev–Trinajstić information content (AvgIpc) is 2.62. The number of rotatable bonds is 5. The summed E-state index contributed by atoms with van der Waals surface area (Å²) >= 11 is 0. The summed E-state index contributed by atoms with van der Waals surface area (Å²) in [6.45, 7) is 0.695. The van der Waals surface area contributed by atoms with Gasteiger partial charge in [-0.1, -0.05) is 36.4 Å². The van der Waals surface area contributed by atoms with Crippen LogP contribution in [0.15, 0.2) is 53.4 Å². The molecule has 2 aromatic carbocycles. The second-order valence-corrected chi connectivity index (χ2v) is 8.06. The van der Waals surface area contributed by atoms with E-state index in [-0.39, 0.29) is 16.4 Å². The smallest absolute Gasteiger partial charge is 0.182 e. The number of ether oxygens (including phenoxy) is 1. The van der Waals surface area contributed by atoms with Crippen LogP contribution in [0.25, 0.3) is 0 Å². The van der Waals surface area contributed by atoms with Gasteiger partial charge in [0, 0.05) is 6.42 Å². The van der Waals surface area contributed by atoms with Gasteiger partial charge in [-0.3, -0.25) is 4.79 Å². The Bertz CT molecular complexity index is 862. The lowest BCUT2D eigenvalue weighted by Gasteiger charge is -2.25. The molecule has 0 radical (unpaired) electrons. The van der Waals surface area contributed by atoms with Crippen molar-refractivity contribution in [1.82, 2.24) is 5.32 Å². The van der Waals surface area contributed by atoms with Crippen molar-refractivity contribution in [2.75, 3.05) is 13.7 Å². The number of carbonyl (C=O) groups is 1. The fraction of sp³-hybridized carbons (Fsp3) is 0.316. The predicted molar refractivity (Wildman–Crippen MR) is 95.3 cm³/mol. The first-order valence-corrected chi connectivity index (χ1v) is 9.87. The molecule has 1 aliphatic rings. The summed E-state index contributed by atoms with van der Waals surface area (Å²) in [5.41, 5.74) is 1.21. The number of sulfone groups is 1. The van der Waals surface area contributed by atoms with Gasteiger partial charge in [0.05, 0.1) is 23.8 Å². The Hall–Kier alpha value is -2.18. The summed E-state index contributed by atoms with van der Waals surface area (Å²) in [6, 6.07) is 13.3. The summed E-state index contributed by atoms with van der Waals surface area (Å²) in [5, 5.41) is 3.14. The summed E-state index contributed by atoms with van der Waals surface area (Å²) < 4.78 is 31.3. The molecule has 0 spiro atoms. The van der Waals surface area contributed by atoms with Crippen LogP contribution < -0.4 is 10.1 Å². The van der Waals surface area contributed by atoms with Crippen molar-refractivity contribution in [2.24, 2.45) is 0 Å². The van der Waals surface area contributed by atoms with Crippen LogP contribution >= 0.6 is 0 Å². The van der Waals surface area contributed by atoms with Crippen LogP contribution in [-0.2, 0) is 20.4 Å². The zero-order valence-electron chi connectivity index (χ0n) is 14.1. The van der Waals surface area contributed by atoms with Gasteiger partial charge in [-0.2, -0.15) is 0 Å². The Balaban J connectivity index is 2.04. The second kappa shape index (κ2) is 7.37. The van der Waals surface area contributed by atoms with Crippen LogP contribution in [0.3, 0.4) is 0 Å². The van der Waals surface area contributed by atoms with Gasteiger partial charge in [0.1, 0.15) is 5.75 Å². The minimum atomic E-state index is -3.62. The Kier molecular flexibility index (Phi) is 5.20. The van der Waals surface area contributed by atoms with Crippen molar-refractivity contribution < 1.29 is 17.9 Å². The van der Waals surface area contributed by atoms with Gasteiger partial charge in [0.2, 0.25) is 0 Å².